The summed E-state index contributed by atoms with van der Waals surface area (Å²) in [5.74, 6) is 0. The summed E-state index contributed by atoms with van der Waals surface area (Å²) in [4.78, 5) is 0.318. The number of nitrogens with one attached hydrogen (secondary N) is 1. The number of benzene rings is 2. The Balaban J connectivity index is 1.87. The predicted octanol–water partition coefficient (Wildman–Crippen LogP) is 5.27. The van der Waals surface area contributed by atoms with E-state index in [1.807, 2.05) is 39.8 Å². The Morgan fingerprint density at radius 2 is 1.68 bits per heavy atom. The summed E-state index contributed by atoms with van der Waals surface area (Å²) in [5.41, 5.74) is 4.60. The second-order valence-electron chi connectivity index (χ2n) is 6.86. The summed E-state index contributed by atoms with van der Waals surface area (Å²) in [5, 5.41) is 5.32. The van der Waals surface area contributed by atoms with Gasteiger partial charge in [0.05, 0.1) is 23.3 Å². The van der Waals surface area contributed by atoms with E-state index in [4.69, 9.17) is 23.2 Å². The quantitative estimate of drug-likeness (QED) is 0.590. The van der Waals surface area contributed by atoms with Gasteiger partial charge in [0, 0.05) is 16.2 Å². The molecule has 3 aromatic rings. The number of anilines is 1. The van der Waals surface area contributed by atoms with Gasteiger partial charge in [0.25, 0.3) is 10.0 Å². The van der Waals surface area contributed by atoms with Crippen molar-refractivity contribution >= 4 is 38.9 Å². The molecule has 0 atom stereocenters. The molecule has 1 heterocycles. The van der Waals surface area contributed by atoms with Gasteiger partial charge >= 0.3 is 0 Å². The van der Waals surface area contributed by atoms with Crippen LogP contribution < -0.4 is 4.72 Å². The number of aromatic nitrogens is 2. The van der Waals surface area contributed by atoms with E-state index >= 15 is 0 Å². The van der Waals surface area contributed by atoms with E-state index in [9.17, 15) is 8.42 Å². The molecule has 0 aliphatic heterocycles. The SMILES string of the molecule is Cc1cc(C)c(C)c(S(=O)(=O)Nc2cnn(Cc3ccc(Cl)cc3Cl)c2)c1C. The second-order valence-corrected chi connectivity index (χ2v) is 9.32. The molecule has 28 heavy (non-hydrogen) atoms. The van der Waals surface area contributed by atoms with Crippen molar-refractivity contribution in [1.29, 1.82) is 0 Å². The van der Waals surface area contributed by atoms with Crippen LogP contribution in [0, 0.1) is 27.7 Å². The molecule has 0 aliphatic rings. The minimum Gasteiger partial charge on any atom is -0.276 e. The molecular formula is C20H21Cl2N3O2S. The van der Waals surface area contributed by atoms with Crippen LogP contribution in [0.4, 0.5) is 5.69 Å². The maximum absolute atomic E-state index is 13.0. The van der Waals surface area contributed by atoms with Crippen molar-refractivity contribution in [2.45, 2.75) is 39.1 Å². The standard InChI is InChI=1S/C20H21Cl2N3O2S/c1-12-7-13(2)15(4)20(14(12)3)28(26,27)24-18-9-23-25(11-18)10-16-5-6-17(21)8-19(16)22/h5-9,11,24H,10H2,1-4H3. The molecule has 0 unspecified atom stereocenters. The highest BCUT2D eigenvalue weighted by Gasteiger charge is 2.22. The molecule has 2 aromatic carbocycles. The molecule has 1 aromatic heterocycles. The molecular weight excluding hydrogens is 417 g/mol. The smallest absolute Gasteiger partial charge is 0.262 e. The van der Waals surface area contributed by atoms with Crippen molar-refractivity contribution in [3.63, 3.8) is 0 Å². The highest BCUT2D eigenvalue weighted by molar-refractivity contribution is 7.92. The van der Waals surface area contributed by atoms with E-state index in [0.717, 1.165) is 27.8 Å². The molecule has 0 aliphatic carbocycles. The van der Waals surface area contributed by atoms with Crippen LogP contribution in [0.5, 0.6) is 0 Å². The predicted molar refractivity (Wildman–Crippen MR) is 114 cm³/mol. The van der Waals surface area contributed by atoms with E-state index in [2.05, 4.69) is 9.82 Å². The molecule has 0 saturated heterocycles. The van der Waals surface area contributed by atoms with E-state index < -0.39 is 10.0 Å². The fourth-order valence-corrected chi connectivity index (χ4v) is 5.23. The summed E-state index contributed by atoms with van der Waals surface area (Å²) in [6.45, 7) is 7.87. The monoisotopic (exact) mass is 437 g/mol. The van der Waals surface area contributed by atoms with Gasteiger partial charge < -0.3 is 0 Å². The van der Waals surface area contributed by atoms with Gasteiger partial charge in [-0.1, -0.05) is 35.3 Å². The third-order valence-corrected chi connectivity index (χ3v) is 7.04. The van der Waals surface area contributed by atoms with E-state index in [1.54, 1.807) is 23.0 Å². The largest absolute Gasteiger partial charge is 0.276 e. The number of aryl methyl sites for hydroxylation is 2. The highest BCUT2D eigenvalue weighted by atomic mass is 35.5. The lowest BCUT2D eigenvalue weighted by atomic mass is 10.0. The molecule has 148 valence electrons. The number of hydrogen-bond acceptors (Lipinski definition) is 3. The van der Waals surface area contributed by atoms with Crippen molar-refractivity contribution < 1.29 is 8.42 Å². The topological polar surface area (TPSA) is 64.0 Å². The van der Waals surface area contributed by atoms with Crippen molar-refractivity contribution in [3.05, 3.63) is 74.5 Å². The van der Waals surface area contributed by atoms with Gasteiger partial charge in [-0.25, -0.2) is 8.42 Å². The fraction of sp³-hybridized carbons (Fsp3) is 0.250. The lowest BCUT2D eigenvalue weighted by Gasteiger charge is -2.16. The minimum absolute atomic E-state index is 0.318. The first kappa shape index (κ1) is 20.7. The number of sulfonamides is 1. The molecule has 0 saturated carbocycles. The molecule has 0 bridgehead atoms. The average molecular weight is 438 g/mol. The van der Waals surface area contributed by atoms with Crippen LogP contribution in [-0.4, -0.2) is 18.2 Å². The lowest BCUT2D eigenvalue weighted by molar-refractivity contribution is 0.599. The summed E-state index contributed by atoms with van der Waals surface area (Å²) in [6.07, 6.45) is 3.12. The van der Waals surface area contributed by atoms with Crippen LogP contribution in [-0.2, 0) is 16.6 Å². The summed E-state index contributed by atoms with van der Waals surface area (Å²) < 4.78 is 30.3. The average Bonchev–Trinajstić information content (AvgIpc) is 3.02. The lowest BCUT2D eigenvalue weighted by Crippen LogP contribution is -2.16. The minimum atomic E-state index is -3.74. The van der Waals surface area contributed by atoms with Crippen molar-refractivity contribution in [2.24, 2.45) is 0 Å². The molecule has 0 fully saturated rings. The molecule has 0 amide bonds. The summed E-state index contributed by atoms with van der Waals surface area (Å²) in [6, 6.07) is 7.23. The molecule has 0 radical (unpaired) electrons. The van der Waals surface area contributed by atoms with Crippen molar-refractivity contribution in [3.8, 4) is 0 Å². The van der Waals surface area contributed by atoms with Gasteiger partial charge in [0.1, 0.15) is 0 Å². The van der Waals surface area contributed by atoms with Crippen LogP contribution in [0.1, 0.15) is 27.8 Å². The zero-order valence-corrected chi connectivity index (χ0v) is 18.4. The van der Waals surface area contributed by atoms with Gasteiger partial charge in [-0.05, 0) is 67.6 Å². The van der Waals surface area contributed by atoms with Crippen LogP contribution in [0.2, 0.25) is 10.0 Å². The van der Waals surface area contributed by atoms with Crippen molar-refractivity contribution in [1.82, 2.24) is 9.78 Å². The second kappa shape index (κ2) is 7.78. The Morgan fingerprint density at radius 3 is 2.29 bits per heavy atom. The Labute approximate surface area is 175 Å². The molecule has 3 rings (SSSR count). The Hall–Kier alpha value is -2.02. The maximum atomic E-state index is 13.0. The van der Waals surface area contributed by atoms with Crippen molar-refractivity contribution in [2.75, 3.05) is 4.72 Å². The van der Waals surface area contributed by atoms with E-state index in [0.29, 0.717) is 27.2 Å². The first-order valence-corrected chi connectivity index (χ1v) is 10.9. The number of halogens is 2. The summed E-state index contributed by atoms with van der Waals surface area (Å²) >= 11 is 12.1. The zero-order chi connectivity index (χ0) is 20.6. The van der Waals surface area contributed by atoms with Crippen LogP contribution >= 0.6 is 23.2 Å². The third kappa shape index (κ3) is 4.19. The van der Waals surface area contributed by atoms with E-state index in [-0.39, 0.29) is 0 Å². The molecule has 0 spiro atoms. The normalized spacial score (nSPS) is 11.6. The van der Waals surface area contributed by atoms with Gasteiger partial charge in [0.15, 0.2) is 0 Å². The Bertz CT molecular complexity index is 1130. The molecule has 5 nitrogen and oxygen atoms in total. The number of rotatable bonds is 5. The van der Waals surface area contributed by atoms with Gasteiger partial charge in [-0.15, -0.1) is 0 Å². The third-order valence-electron chi connectivity index (χ3n) is 4.80. The van der Waals surface area contributed by atoms with E-state index in [1.165, 1.54) is 6.20 Å². The number of hydrogen-bond donors (Lipinski definition) is 1. The van der Waals surface area contributed by atoms with Gasteiger partial charge in [-0.2, -0.15) is 5.10 Å². The summed E-state index contributed by atoms with van der Waals surface area (Å²) in [7, 11) is -3.74. The highest BCUT2D eigenvalue weighted by Crippen LogP contribution is 2.28. The molecule has 8 heteroatoms. The zero-order valence-electron chi connectivity index (χ0n) is 16.0. The fourth-order valence-electron chi connectivity index (χ4n) is 3.12. The van der Waals surface area contributed by atoms with Crippen LogP contribution in [0.25, 0.3) is 0 Å². The number of nitrogens with zero attached hydrogens (tertiary/aromatic N) is 2. The Kier molecular flexibility index (Phi) is 5.75. The molecule has 1 N–H and O–H groups in total. The van der Waals surface area contributed by atoms with Crippen LogP contribution in [0.3, 0.4) is 0 Å². The van der Waals surface area contributed by atoms with Crippen LogP contribution in [0.15, 0.2) is 41.6 Å². The van der Waals surface area contributed by atoms with Gasteiger partial charge in [-0.3, -0.25) is 9.40 Å². The Morgan fingerprint density at radius 1 is 1.04 bits per heavy atom. The first-order valence-electron chi connectivity index (χ1n) is 8.65. The maximum Gasteiger partial charge on any atom is 0.262 e. The van der Waals surface area contributed by atoms with Gasteiger partial charge in [0.2, 0.25) is 0 Å². The first-order chi connectivity index (χ1) is 13.1.